The number of anilines is 1. The van der Waals surface area contributed by atoms with Gasteiger partial charge in [-0.05, 0) is 24.1 Å². The van der Waals surface area contributed by atoms with Crippen LogP contribution in [0.1, 0.15) is 25.3 Å². The molecular formula is C12H16FNO2. The summed E-state index contributed by atoms with van der Waals surface area (Å²) >= 11 is 0. The number of nitrogen functional groups attached to an aromatic ring is 1. The highest BCUT2D eigenvalue weighted by molar-refractivity contribution is 5.72. The van der Waals surface area contributed by atoms with Crippen LogP contribution >= 0.6 is 0 Å². The average molecular weight is 225 g/mol. The average Bonchev–Trinajstić information content (AvgIpc) is 2.24. The van der Waals surface area contributed by atoms with Crippen LogP contribution < -0.4 is 5.73 Å². The number of hydrogen-bond donors (Lipinski definition) is 1. The summed E-state index contributed by atoms with van der Waals surface area (Å²) in [5, 5.41) is 0. The topological polar surface area (TPSA) is 52.3 Å². The van der Waals surface area contributed by atoms with Gasteiger partial charge in [-0.25, -0.2) is 4.39 Å². The summed E-state index contributed by atoms with van der Waals surface area (Å²) in [6, 6.07) is 4.33. The Kier molecular flexibility index (Phi) is 4.76. The Labute approximate surface area is 94.4 Å². The van der Waals surface area contributed by atoms with Crippen molar-refractivity contribution in [1.29, 1.82) is 0 Å². The molecule has 0 unspecified atom stereocenters. The number of unbranched alkanes of at least 4 members (excludes halogenated alkanes) is 1. The first-order valence-electron chi connectivity index (χ1n) is 5.33. The molecule has 0 bridgehead atoms. The fourth-order valence-corrected chi connectivity index (χ4v) is 1.23. The first-order chi connectivity index (χ1) is 7.63. The molecule has 0 atom stereocenters. The van der Waals surface area contributed by atoms with E-state index >= 15 is 0 Å². The molecule has 0 aliphatic heterocycles. The molecule has 4 heteroatoms. The van der Waals surface area contributed by atoms with Crippen LogP contribution in [0.3, 0.4) is 0 Å². The Hall–Kier alpha value is -1.58. The van der Waals surface area contributed by atoms with Gasteiger partial charge in [0.1, 0.15) is 5.82 Å². The van der Waals surface area contributed by atoms with Crippen LogP contribution in [0.2, 0.25) is 0 Å². The van der Waals surface area contributed by atoms with Crippen molar-refractivity contribution < 1.29 is 13.9 Å². The number of carbonyl (C=O) groups is 1. The lowest BCUT2D eigenvalue weighted by Crippen LogP contribution is -2.09. The van der Waals surface area contributed by atoms with E-state index in [0.29, 0.717) is 12.2 Å². The molecule has 1 aromatic rings. The molecule has 0 fully saturated rings. The molecule has 0 aliphatic rings. The third-order valence-corrected chi connectivity index (χ3v) is 2.17. The van der Waals surface area contributed by atoms with Gasteiger partial charge in [0.25, 0.3) is 0 Å². The van der Waals surface area contributed by atoms with Gasteiger partial charge in [0, 0.05) is 0 Å². The third-order valence-electron chi connectivity index (χ3n) is 2.17. The van der Waals surface area contributed by atoms with Gasteiger partial charge >= 0.3 is 5.97 Å². The van der Waals surface area contributed by atoms with Crippen molar-refractivity contribution in [2.24, 2.45) is 0 Å². The predicted octanol–water partition coefficient (Wildman–Crippen LogP) is 2.29. The van der Waals surface area contributed by atoms with E-state index in [9.17, 15) is 9.18 Å². The summed E-state index contributed by atoms with van der Waals surface area (Å²) in [5.41, 5.74) is 5.99. The number of benzene rings is 1. The molecule has 0 aliphatic carbocycles. The molecule has 1 rings (SSSR count). The summed E-state index contributed by atoms with van der Waals surface area (Å²) in [6.45, 7) is 2.44. The number of hydrogen-bond acceptors (Lipinski definition) is 3. The molecule has 0 saturated carbocycles. The Bertz CT molecular complexity index is 366. The number of carbonyl (C=O) groups excluding carboxylic acids is 1. The second kappa shape index (κ2) is 6.10. The monoisotopic (exact) mass is 225 g/mol. The number of esters is 1. The van der Waals surface area contributed by atoms with Crippen LogP contribution in [-0.2, 0) is 16.0 Å². The second-order valence-corrected chi connectivity index (χ2v) is 3.61. The highest BCUT2D eigenvalue weighted by Gasteiger charge is 2.06. The number of halogens is 1. The minimum atomic E-state index is -0.501. The summed E-state index contributed by atoms with van der Waals surface area (Å²) < 4.78 is 18.0. The Balaban J connectivity index is 2.46. The molecule has 0 heterocycles. The van der Waals surface area contributed by atoms with Crippen molar-refractivity contribution in [3.8, 4) is 0 Å². The predicted molar refractivity (Wildman–Crippen MR) is 60.4 cm³/mol. The molecule has 0 saturated heterocycles. The van der Waals surface area contributed by atoms with Crippen molar-refractivity contribution >= 4 is 11.7 Å². The quantitative estimate of drug-likeness (QED) is 0.475. The van der Waals surface area contributed by atoms with Crippen molar-refractivity contribution in [2.45, 2.75) is 26.2 Å². The molecule has 0 amide bonds. The molecule has 0 spiro atoms. The lowest BCUT2D eigenvalue weighted by atomic mass is 10.1. The van der Waals surface area contributed by atoms with Gasteiger partial charge < -0.3 is 10.5 Å². The number of ether oxygens (including phenoxy) is 1. The maximum Gasteiger partial charge on any atom is 0.310 e. The molecule has 16 heavy (non-hydrogen) atoms. The maximum atomic E-state index is 13.1. The lowest BCUT2D eigenvalue weighted by Gasteiger charge is -2.04. The highest BCUT2D eigenvalue weighted by Crippen LogP contribution is 2.12. The van der Waals surface area contributed by atoms with E-state index in [-0.39, 0.29) is 18.1 Å². The zero-order valence-corrected chi connectivity index (χ0v) is 9.33. The van der Waals surface area contributed by atoms with E-state index in [0.717, 1.165) is 12.8 Å². The second-order valence-electron chi connectivity index (χ2n) is 3.61. The van der Waals surface area contributed by atoms with Crippen LogP contribution in [0.25, 0.3) is 0 Å². The standard InChI is InChI=1S/C12H16FNO2/c1-2-3-6-16-12(15)8-9-4-5-11(14)10(13)7-9/h4-5,7H,2-3,6,8,14H2,1H3. The van der Waals surface area contributed by atoms with E-state index in [2.05, 4.69) is 0 Å². The molecule has 0 radical (unpaired) electrons. The zero-order valence-electron chi connectivity index (χ0n) is 9.33. The largest absolute Gasteiger partial charge is 0.465 e. The van der Waals surface area contributed by atoms with E-state index in [1.54, 1.807) is 6.07 Å². The normalized spacial score (nSPS) is 10.1. The molecule has 3 nitrogen and oxygen atoms in total. The SMILES string of the molecule is CCCCOC(=O)Cc1ccc(N)c(F)c1. The van der Waals surface area contributed by atoms with Gasteiger partial charge in [-0.15, -0.1) is 0 Å². The van der Waals surface area contributed by atoms with Crippen LogP contribution in [0.15, 0.2) is 18.2 Å². The lowest BCUT2D eigenvalue weighted by molar-refractivity contribution is -0.142. The third kappa shape index (κ3) is 3.88. The fourth-order valence-electron chi connectivity index (χ4n) is 1.23. The van der Waals surface area contributed by atoms with Gasteiger partial charge in [-0.3, -0.25) is 4.79 Å². The Morgan fingerprint density at radius 1 is 1.50 bits per heavy atom. The van der Waals surface area contributed by atoms with Crippen molar-refractivity contribution in [3.63, 3.8) is 0 Å². The molecule has 2 N–H and O–H groups in total. The van der Waals surface area contributed by atoms with Gasteiger partial charge in [0.15, 0.2) is 0 Å². The summed E-state index contributed by atoms with van der Waals surface area (Å²) in [7, 11) is 0. The smallest absolute Gasteiger partial charge is 0.310 e. The molecule has 88 valence electrons. The molecule has 0 aromatic heterocycles. The first-order valence-corrected chi connectivity index (χ1v) is 5.33. The van der Waals surface area contributed by atoms with Gasteiger partial charge in [-0.2, -0.15) is 0 Å². The van der Waals surface area contributed by atoms with E-state index in [1.807, 2.05) is 6.92 Å². The van der Waals surface area contributed by atoms with Crippen LogP contribution in [0.4, 0.5) is 10.1 Å². The van der Waals surface area contributed by atoms with Crippen LogP contribution in [-0.4, -0.2) is 12.6 Å². The van der Waals surface area contributed by atoms with Gasteiger partial charge in [-0.1, -0.05) is 19.4 Å². The highest BCUT2D eigenvalue weighted by atomic mass is 19.1. The van der Waals surface area contributed by atoms with E-state index in [4.69, 9.17) is 10.5 Å². The van der Waals surface area contributed by atoms with Crippen molar-refractivity contribution in [3.05, 3.63) is 29.6 Å². The summed E-state index contributed by atoms with van der Waals surface area (Å²) in [5.74, 6) is -0.837. The minimum absolute atomic E-state index is 0.0842. The number of rotatable bonds is 5. The zero-order chi connectivity index (χ0) is 12.0. The molecular weight excluding hydrogens is 209 g/mol. The molecule has 1 aromatic carbocycles. The van der Waals surface area contributed by atoms with Gasteiger partial charge in [0.2, 0.25) is 0 Å². The van der Waals surface area contributed by atoms with Crippen LogP contribution in [0.5, 0.6) is 0 Å². The first kappa shape index (κ1) is 12.5. The van der Waals surface area contributed by atoms with Crippen molar-refractivity contribution in [1.82, 2.24) is 0 Å². The van der Waals surface area contributed by atoms with Gasteiger partial charge in [0.05, 0.1) is 18.7 Å². The Morgan fingerprint density at radius 3 is 2.88 bits per heavy atom. The Morgan fingerprint density at radius 2 is 2.25 bits per heavy atom. The fraction of sp³-hybridized carbons (Fsp3) is 0.417. The summed E-state index contributed by atoms with van der Waals surface area (Å²) in [4.78, 5) is 11.3. The van der Waals surface area contributed by atoms with E-state index < -0.39 is 5.82 Å². The summed E-state index contributed by atoms with van der Waals surface area (Å²) in [6.07, 6.45) is 1.91. The maximum absolute atomic E-state index is 13.1. The van der Waals surface area contributed by atoms with Crippen molar-refractivity contribution in [2.75, 3.05) is 12.3 Å². The van der Waals surface area contributed by atoms with Crippen LogP contribution in [0, 0.1) is 5.82 Å². The number of nitrogens with two attached hydrogens (primary N) is 1. The van der Waals surface area contributed by atoms with E-state index in [1.165, 1.54) is 12.1 Å². The minimum Gasteiger partial charge on any atom is -0.465 e.